The Labute approximate surface area is 202 Å². The first-order chi connectivity index (χ1) is 16.4. The van der Waals surface area contributed by atoms with Crippen LogP contribution in [0.5, 0.6) is 0 Å². The van der Waals surface area contributed by atoms with Crippen LogP contribution < -0.4 is 10.6 Å². The average Bonchev–Trinajstić information content (AvgIpc) is 3.39. The number of nitrogens with zero attached hydrogens (tertiary/aromatic N) is 1. The summed E-state index contributed by atoms with van der Waals surface area (Å²) in [5, 5.41) is 18.6. The van der Waals surface area contributed by atoms with Crippen LogP contribution in [-0.4, -0.2) is 47.5 Å². The third-order valence-electron chi connectivity index (χ3n) is 6.17. The summed E-state index contributed by atoms with van der Waals surface area (Å²) in [7, 11) is 0. The molecule has 1 aliphatic rings. The fourth-order valence-corrected chi connectivity index (χ4v) is 4.71. The molecule has 2 heterocycles. The standard InChI is InChI=1S/C26H27N3O4S/c1-17-2-7-22(28-25(31)21-10-13-34-16-21)14-23(17)19-3-5-20(6-4-19)24(30)27-15-18-8-11-29(12-9-18)26(32)33/h2-7,10,13-14,16,18H,8-9,11-12,15H2,1H3,(H,27,30)(H,28,31)(H,32,33). The number of benzene rings is 2. The van der Waals surface area contributed by atoms with Gasteiger partial charge in [0.1, 0.15) is 0 Å². The molecule has 0 radical (unpaired) electrons. The Morgan fingerprint density at radius 2 is 1.74 bits per heavy atom. The number of aryl methyl sites for hydroxylation is 1. The Balaban J connectivity index is 1.37. The number of carbonyl (C=O) groups is 3. The van der Waals surface area contributed by atoms with Crippen molar-refractivity contribution < 1.29 is 19.5 Å². The number of hydrogen-bond donors (Lipinski definition) is 3. The molecule has 3 amide bonds. The predicted molar refractivity (Wildman–Crippen MR) is 134 cm³/mol. The molecule has 1 fully saturated rings. The van der Waals surface area contributed by atoms with Gasteiger partial charge in [-0.15, -0.1) is 0 Å². The largest absolute Gasteiger partial charge is 0.465 e. The summed E-state index contributed by atoms with van der Waals surface area (Å²) < 4.78 is 0. The third kappa shape index (κ3) is 5.63. The second-order valence-electron chi connectivity index (χ2n) is 8.50. The molecule has 8 heteroatoms. The van der Waals surface area contributed by atoms with Crippen LogP contribution in [0.3, 0.4) is 0 Å². The van der Waals surface area contributed by atoms with Crippen molar-refractivity contribution in [1.82, 2.24) is 10.2 Å². The molecule has 0 aliphatic carbocycles. The van der Waals surface area contributed by atoms with Crippen LogP contribution in [0.15, 0.2) is 59.3 Å². The third-order valence-corrected chi connectivity index (χ3v) is 6.86. The highest BCUT2D eigenvalue weighted by atomic mass is 32.1. The molecule has 0 atom stereocenters. The van der Waals surface area contributed by atoms with E-state index in [9.17, 15) is 14.4 Å². The Morgan fingerprint density at radius 3 is 2.38 bits per heavy atom. The van der Waals surface area contributed by atoms with Gasteiger partial charge >= 0.3 is 6.09 Å². The van der Waals surface area contributed by atoms with Gasteiger partial charge in [0.25, 0.3) is 11.8 Å². The van der Waals surface area contributed by atoms with Crippen molar-refractivity contribution in [3.8, 4) is 11.1 Å². The van der Waals surface area contributed by atoms with Crippen LogP contribution in [0.1, 0.15) is 39.1 Å². The summed E-state index contributed by atoms with van der Waals surface area (Å²) in [5.74, 6) is 0.00548. The number of piperidine rings is 1. The number of likely N-dealkylation sites (tertiary alicyclic amines) is 1. The van der Waals surface area contributed by atoms with Gasteiger partial charge in [-0.1, -0.05) is 18.2 Å². The summed E-state index contributed by atoms with van der Waals surface area (Å²) in [6.45, 7) is 3.57. The smallest absolute Gasteiger partial charge is 0.407 e. The van der Waals surface area contributed by atoms with Gasteiger partial charge in [0.2, 0.25) is 0 Å². The van der Waals surface area contributed by atoms with E-state index in [1.165, 1.54) is 16.2 Å². The quantitative estimate of drug-likeness (QED) is 0.460. The topological polar surface area (TPSA) is 98.7 Å². The second-order valence-corrected chi connectivity index (χ2v) is 9.28. The predicted octanol–water partition coefficient (Wildman–Crippen LogP) is 5.10. The SMILES string of the molecule is Cc1ccc(NC(=O)c2ccsc2)cc1-c1ccc(C(=O)NCC2CCN(C(=O)O)CC2)cc1. The fourth-order valence-electron chi connectivity index (χ4n) is 4.08. The Bertz CT molecular complexity index is 1170. The maximum Gasteiger partial charge on any atom is 0.407 e. The molecule has 3 aromatic rings. The van der Waals surface area contributed by atoms with Crippen molar-refractivity contribution >= 4 is 34.9 Å². The lowest BCUT2D eigenvalue weighted by Crippen LogP contribution is -2.40. The summed E-state index contributed by atoms with van der Waals surface area (Å²) in [5.41, 5.74) is 4.94. The van der Waals surface area contributed by atoms with Crippen LogP contribution in [0, 0.1) is 12.8 Å². The van der Waals surface area contributed by atoms with Crippen LogP contribution in [0.4, 0.5) is 10.5 Å². The number of carbonyl (C=O) groups excluding carboxylic acids is 2. The van der Waals surface area contributed by atoms with Gasteiger partial charge in [0.05, 0.1) is 5.56 Å². The van der Waals surface area contributed by atoms with Crippen molar-refractivity contribution in [2.75, 3.05) is 25.0 Å². The van der Waals surface area contributed by atoms with Gasteiger partial charge in [-0.2, -0.15) is 11.3 Å². The molecule has 0 saturated carbocycles. The summed E-state index contributed by atoms with van der Waals surface area (Å²) in [6, 6.07) is 15.0. The molecule has 0 unspecified atom stereocenters. The minimum absolute atomic E-state index is 0.138. The van der Waals surface area contributed by atoms with Crippen molar-refractivity contribution in [2.45, 2.75) is 19.8 Å². The van der Waals surface area contributed by atoms with Gasteiger partial charge in [-0.05, 0) is 78.1 Å². The van der Waals surface area contributed by atoms with Crippen molar-refractivity contribution in [1.29, 1.82) is 0 Å². The monoisotopic (exact) mass is 477 g/mol. The second kappa shape index (κ2) is 10.5. The van der Waals surface area contributed by atoms with E-state index >= 15 is 0 Å². The van der Waals surface area contributed by atoms with E-state index in [2.05, 4.69) is 10.6 Å². The molecule has 3 N–H and O–H groups in total. The van der Waals surface area contributed by atoms with Gasteiger partial charge in [-0.3, -0.25) is 9.59 Å². The molecular weight excluding hydrogens is 450 g/mol. The summed E-state index contributed by atoms with van der Waals surface area (Å²) >= 11 is 1.48. The maximum atomic E-state index is 12.6. The molecule has 1 aromatic heterocycles. The van der Waals surface area contributed by atoms with E-state index in [1.54, 1.807) is 18.2 Å². The lowest BCUT2D eigenvalue weighted by molar-refractivity contribution is 0.0928. The van der Waals surface area contributed by atoms with Gasteiger partial charge in [0, 0.05) is 36.3 Å². The Kier molecular flexibility index (Phi) is 7.27. The summed E-state index contributed by atoms with van der Waals surface area (Å²) in [4.78, 5) is 37.4. The molecule has 4 rings (SSSR count). The molecule has 2 aromatic carbocycles. The van der Waals surface area contributed by atoms with E-state index < -0.39 is 6.09 Å². The van der Waals surface area contributed by atoms with Crippen LogP contribution in [-0.2, 0) is 0 Å². The van der Waals surface area contributed by atoms with E-state index in [0.717, 1.165) is 29.5 Å². The van der Waals surface area contributed by atoms with Gasteiger partial charge in [0.15, 0.2) is 0 Å². The van der Waals surface area contributed by atoms with Crippen molar-refractivity contribution in [3.63, 3.8) is 0 Å². The zero-order chi connectivity index (χ0) is 24.1. The lowest BCUT2D eigenvalue weighted by atomic mass is 9.96. The Morgan fingerprint density at radius 1 is 1.00 bits per heavy atom. The first-order valence-corrected chi connectivity index (χ1v) is 12.2. The van der Waals surface area contributed by atoms with E-state index in [-0.39, 0.29) is 17.7 Å². The minimum Gasteiger partial charge on any atom is -0.465 e. The molecule has 0 spiro atoms. The van der Waals surface area contributed by atoms with Crippen LogP contribution in [0.25, 0.3) is 11.1 Å². The van der Waals surface area contributed by atoms with Gasteiger partial charge in [-0.25, -0.2) is 4.79 Å². The normalized spacial score (nSPS) is 14.0. The number of hydrogen-bond acceptors (Lipinski definition) is 4. The number of thiophene rings is 1. The number of carboxylic acid groups (broad SMARTS) is 1. The van der Waals surface area contributed by atoms with E-state index in [0.29, 0.717) is 36.4 Å². The van der Waals surface area contributed by atoms with E-state index in [4.69, 9.17) is 5.11 Å². The highest BCUT2D eigenvalue weighted by Gasteiger charge is 2.22. The molecular formula is C26H27N3O4S. The average molecular weight is 478 g/mol. The van der Waals surface area contributed by atoms with Crippen LogP contribution in [0.2, 0.25) is 0 Å². The van der Waals surface area contributed by atoms with Crippen molar-refractivity contribution in [3.05, 3.63) is 76.0 Å². The summed E-state index contributed by atoms with van der Waals surface area (Å²) in [6.07, 6.45) is 0.627. The molecule has 176 valence electrons. The zero-order valence-electron chi connectivity index (χ0n) is 18.9. The highest BCUT2D eigenvalue weighted by Crippen LogP contribution is 2.27. The highest BCUT2D eigenvalue weighted by molar-refractivity contribution is 7.08. The molecule has 7 nitrogen and oxygen atoms in total. The number of nitrogens with one attached hydrogen (secondary N) is 2. The molecule has 1 aliphatic heterocycles. The first-order valence-electron chi connectivity index (χ1n) is 11.2. The lowest BCUT2D eigenvalue weighted by Gasteiger charge is -2.29. The zero-order valence-corrected chi connectivity index (χ0v) is 19.7. The Hall–Kier alpha value is -3.65. The van der Waals surface area contributed by atoms with Crippen LogP contribution >= 0.6 is 11.3 Å². The number of anilines is 1. The number of amides is 3. The fraction of sp³-hybridized carbons (Fsp3) is 0.269. The molecule has 0 bridgehead atoms. The van der Waals surface area contributed by atoms with Gasteiger partial charge < -0.3 is 20.6 Å². The first kappa shape index (κ1) is 23.5. The van der Waals surface area contributed by atoms with Crippen molar-refractivity contribution in [2.24, 2.45) is 5.92 Å². The minimum atomic E-state index is -0.881. The van der Waals surface area contributed by atoms with E-state index in [1.807, 2.05) is 48.0 Å². The molecule has 34 heavy (non-hydrogen) atoms. The number of rotatable bonds is 6. The molecule has 1 saturated heterocycles. The maximum absolute atomic E-state index is 12.6.